The van der Waals surface area contributed by atoms with Crippen LogP contribution in [0.25, 0.3) is 11.0 Å². The Morgan fingerprint density at radius 3 is 2.47 bits per heavy atom. The molecule has 0 aliphatic rings. The molecular formula is C28H32N6O2. The van der Waals surface area contributed by atoms with E-state index in [4.69, 9.17) is 10.7 Å². The van der Waals surface area contributed by atoms with Gasteiger partial charge < -0.3 is 10.6 Å². The molecule has 0 aliphatic heterocycles. The van der Waals surface area contributed by atoms with Crippen LogP contribution < -0.4 is 11.3 Å². The molecule has 0 bridgehead atoms. The molecule has 0 aliphatic carbocycles. The standard InChI is InChI=1S/C28H32N6O2/c1-19(2)24(33(15-7-14-29)27(35)22-12-10-20(3)11-13-22)26-32-25-23(16-30-18-31-25)28(36)34(26)17-21-8-5-4-6-9-21/h4-6,8-13,16,18-19,24H,7,14-15,17,29H2,1-3H3. The van der Waals surface area contributed by atoms with Crippen molar-refractivity contribution < 1.29 is 4.79 Å². The van der Waals surface area contributed by atoms with Crippen molar-refractivity contribution in [3.05, 3.63) is 100.0 Å². The minimum absolute atomic E-state index is 0.0367. The Kier molecular flexibility index (Phi) is 7.85. The highest BCUT2D eigenvalue weighted by molar-refractivity contribution is 5.94. The lowest BCUT2D eigenvalue weighted by molar-refractivity contribution is 0.0602. The van der Waals surface area contributed by atoms with E-state index < -0.39 is 6.04 Å². The zero-order valence-electron chi connectivity index (χ0n) is 21.0. The molecule has 1 amide bonds. The third kappa shape index (κ3) is 5.33. The van der Waals surface area contributed by atoms with Crippen LogP contribution in [0.4, 0.5) is 0 Å². The van der Waals surface area contributed by atoms with Crippen LogP contribution in [0, 0.1) is 12.8 Å². The van der Waals surface area contributed by atoms with E-state index >= 15 is 0 Å². The Balaban J connectivity index is 1.91. The summed E-state index contributed by atoms with van der Waals surface area (Å²) in [7, 11) is 0. The van der Waals surface area contributed by atoms with Gasteiger partial charge in [-0.3, -0.25) is 14.2 Å². The smallest absolute Gasteiger partial charge is 0.264 e. The van der Waals surface area contributed by atoms with Crippen LogP contribution in [0.2, 0.25) is 0 Å². The first-order valence-corrected chi connectivity index (χ1v) is 12.2. The van der Waals surface area contributed by atoms with Gasteiger partial charge in [0.25, 0.3) is 11.5 Å². The summed E-state index contributed by atoms with van der Waals surface area (Å²) in [6.07, 6.45) is 3.50. The van der Waals surface area contributed by atoms with Gasteiger partial charge in [0, 0.05) is 18.3 Å². The largest absolute Gasteiger partial charge is 0.330 e. The van der Waals surface area contributed by atoms with E-state index in [1.165, 1.54) is 12.5 Å². The lowest BCUT2D eigenvalue weighted by Gasteiger charge is -2.35. The molecule has 0 saturated carbocycles. The van der Waals surface area contributed by atoms with Gasteiger partial charge in [-0.1, -0.05) is 61.9 Å². The molecule has 186 valence electrons. The Morgan fingerprint density at radius 2 is 1.81 bits per heavy atom. The first kappa shape index (κ1) is 25.2. The van der Waals surface area contributed by atoms with Crippen molar-refractivity contribution in [3.8, 4) is 0 Å². The molecule has 0 fully saturated rings. The zero-order chi connectivity index (χ0) is 25.7. The van der Waals surface area contributed by atoms with Crippen LogP contribution >= 0.6 is 0 Å². The van der Waals surface area contributed by atoms with Gasteiger partial charge in [0.2, 0.25) is 0 Å². The van der Waals surface area contributed by atoms with Crippen LogP contribution in [0.3, 0.4) is 0 Å². The quantitative estimate of drug-likeness (QED) is 0.388. The van der Waals surface area contributed by atoms with E-state index in [9.17, 15) is 9.59 Å². The van der Waals surface area contributed by atoms with E-state index in [0.29, 0.717) is 48.5 Å². The van der Waals surface area contributed by atoms with Crippen molar-refractivity contribution in [2.45, 2.75) is 39.8 Å². The second-order valence-electron chi connectivity index (χ2n) is 9.30. The minimum Gasteiger partial charge on any atom is -0.330 e. The summed E-state index contributed by atoms with van der Waals surface area (Å²) in [5.41, 5.74) is 8.57. The fraction of sp³-hybridized carbons (Fsp3) is 0.321. The van der Waals surface area contributed by atoms with Gasteiger partial charge in [-0.2, -0.15) is 0 Å². The Morgan fingerprint density at radius 1 is 1.08 bits per heavy atom. The van der Waals surface area contributed by atoms with Gasteiger partial charge in [0.15, 0.2) is 5.65 Å². The molecule has 36 heavy (non-hydrogen) atoms. The summed E-state index contributed by atoms with van der Waals surface area (Å²) >= 11 is 0. The van der Waals surface area contributed by atoms with E-state index in [0.717, 1.165) is 11.1 Å². The average Bonchev–Trinajstić information content (AvgIpc) is 2.89. The molecule has 0 saturated heterocycles. The maximum Gasteiger partial charge on any atom is 0.264 e. The fourth-order valence-electron chi connectivity index (χ4n) is 4.41. The van der Waals surface area contributed by atoms with Gasteiger partial charge >= 0.3 is 0 Å². The number of benzene rings is 2. The molecule has 4 rings (SSSR count). The minimum atomic E-state index is -0.471. The number of hydrogen-bond acceptors (Lipinski definition) is 6. The fourth-order valence-corrected chi connectivity index (χ4v) is 4.41. The van der Waals surface area contributed by atoms with Gasteiger partial charge in [-0.25, -0.2) is 15.0 Å². The third-order valence-electron chi connectivity index (χ3n) is 6.24. The van der Waals surface area contributed by atoms with Gasteiger partial charge in [-0.05, 0) is 43.5 Å². The molecule has 1 unspecified atom stereocenters. The molecule has 4 aromatic rings. The Hall–Kier alpha value is -3.91. The number of aromatic nitrogens is 4. The Bertz CT molecular complexity index is 1380. The zero-order valence-corrected chi connectivity index (χ0v) is 21.0. The molecule has 8 nitrogen and oxygen atoms in total. The van der Waals surface area contributed by atoms with E-state index in [1.54, 1.807) is 9.47 Å². The maximum absolute atomic E-state index is 13.8. The summed E-state index contributed by atoms with van der Waals surface area (Å²) in [4.78, 5) is 42.5. The summed E-state index contributed by atoms with van der Waals surface area (Å²) in [5, 5.41) is 0.345. The summed E-state index contributed by atoms with van der Waals surface area (Å²) in [5.74, 6) is 0.346. The molecule has 2 aromatic carbocycles. The maximum atomic E-state index is 13.8. The van der Waals surface area contributed by atoms with Crippen LogP contribution in [0.15, 0.2) is 71.9 Å². The summed E-state index contributed by atoms with van der Waals surface area (Å²) < 4.78 is 1.66. The third-order valence-corrected chi connectivity index (χ3v) is 6.24. The number of fused-ring (bicyclic) bond motifs is 1. The second-order valence-corrected chi connectivity index (χ2v) is 9.30. The predicted octanol–water partition coefficient (Wildman–Crippen LogP) is 3.73. The van der Waals surface area contributed by atoms with Gasteiger partial charge in [-0.15, -0.1) is 0 Å². The number of aryl methyl sites for hydroxylation is 1. The second kappa shape index (κ2) is 11.2. The molecule has 0 spiro atoms. The highest BCUT2D eigenvalue weighted by atomic mass is 16.2. The molecule has 2 heterocycles. The summed E-state index contributed by atoms with van der Waals surface area (Å²) in [6.45, 7) is 7.25. The van der Waals surface area contributed by atoms with Crippen molar-refractivity contribution in [1.82, 2.24) is 24.4 Å². The topological polar surface area (TPSA) is 107 Å². The predicted molar refractivity (Wildman–Crippen MR) is 141 cm³/mol. The lowest BCUT2D eigenvalue weighted by Crippen LogP contribution is -2.42. The van der Waals surface area contributed by atoms with Gasteiger partial charge in [0.1, 0.15) is 17.5 Å². The monoisotopic (exact) mass is 484 g/mol. The lowest BCUT2D eigenvalue weighted by atomic mass is 9.98. The number of rotatable bonds is 9. The molecule has 2 N–H and O–H groups in total. The van der Waals surface area contributed by atoms with E-state index in [-0.39, 0.29) is 17.4 Å². The van der Waals surface area contributed by atoms with Crippen LogP contribution in [-0.2, 0) is 6.54 Å². The van der Waals surface area contributed by atoms with Crippen LogP contribution in [-0.4, -0.2) is 43.4 Å². The number of amides is 1. The van der Waals surface area contributed by atoms with Crippen molar-refractivity contribution >= 4 is 16.9 Å². The van der Waals surface area contributed by atoms with E-state index in [1.807, 2.05) is 75.4 Å². The first-order chi connectivity index (χ1) is 17.4. The number of carbonyl (C=O) groups is 1. The molecule has 8 heteroatoms. The Labute approximate surface area is 210 Å². The highest BCUT2D eigenvalue weighted by Gasteiger charge is 2.32. The van der Waals surface area contributed by atoms with Crippen molar-refractivity contribution in [3.63, 3.8) is 0 Å². The number of hydrogen-bond donors (Lipinski definition) is 1. The van der Waals surface area contributed by atoms with Crippen molar-refractivity contribution in [2.24, 2.45) is 11.7 Å². The summed E-state index contributed by atoms with van der Waals surface area (Å²) in [6, 6.07) is 16.8. The van der Waals surface area contributed by atoms with Crippen molar-refractivity contribution in [1.29, 1.82) is 0 Å². The van der Waals surface area contributed by atoms with E-state index in [2.05, 4.69) is 9.97 Å². The molecule has 2 aromatic heterocycles. The number of nitrogens with two attached hydrogens (primary N) is 1. The normalized spacial score (nSPS) is 12.1. The number of carbonyl (C=O) groups excluding carboxylic acids is 1. The average molecular weight is 485 g/mol. The first-order valence-electron chi connectivity index (χ1n) is 12.2. The van der Waals surface area contributed by atoms with Crippen LogP contribution in [0.5, 0.6) is 0 Å². The SMILES string of the molecule is Cc1ccc(C(=O)N(CCCN)C(c2nc3ncncc3c(=O)n2Cc2ccccc2)C(C)C)cc1. The highest BCUT2D eigenvalue weighted by Crippen LogP contribution is 2.30. The molecule has 0 radical (unpaired) electrons. The van der Waals surface area contributed by atoms with Crippen molar-refractivity contribution in [2.75, 3.05) is 13.1 Å². The van der Waals surface area contributed by atoms with Crippen LogP contribution in [0.1, 0.15) is 53.6 Å². The molecule has 1 atom stereocenters. The number of nitrogens with zero attached hydrogens (tertiary/aromatic N) is 5. The van der Waals surface area contributed by atoms with Gasteiger partial charge in [0.05, 0.1) is 12.6 Å². The molecular weight excluding hydrogens is 452 g/mol.